The summed E-state index contributed by atoms with van der Waals surface area (Å²) >= 11 is 0. The number of nitrogens with zero attached hydrogens (tertiary/aromatic N) is 1. The zero-order valence-electron chi connectivity index (χ0n) is 15.1. The molecular formula is C19H23FN3O3S+. The van der Waals surface area contributed by atoms with Gasteiger partial charge in [-0.05, 0) is 43.3 Å². The van der Waals surface area contributed by atoms with Crippen LogP contribution in [0, 0.1) is 5.82 Å². The standard InChI is InChI=1S/C19H22FN3O3S/c1-15(19(24)21-17-5-3-2-4-6-17)22-11-13-23(14-12-22)27(25,26)18-9-7-16(20)8-10-18/h2-10,15H,11-14H2,1H3,(H,21,24)/p+1/t15-/m0/s1. The van der Waals surface area contributed by atoms with Crippen LogP contribution >= 0.6 is 0 Å². The number of carbonyl (C=O) groups is 1. The molecule has 3 rings (SSSR count). The van der Waals surface area contributed by atoms with Gasteiger partial charge in [-0.1, -0.05) is 18.2 Å². The summed E-state index contributed by atoms with van der Waals surface area (Å²) in [5, 5.41) is 2.88. The molecule has 0 spiro atoms. The van der Waals surface area contributed by atoms with Crippen LogP contribution in [0.25, 0.3) is 0 Å². The zero-order chi connectivity index (χ0) is 19.4. The lowest BCUT2D eigenvalue weighted by Gasteiger charge is -2.34. The highest BCUT2D eigenvalue weighted by Gasteiger charge is 2.34. The number of nitrogens with one attached hydrogen (secondary N) is 2. The van der Waals surface area contributed by atoms with E-state index < -0.39 is 15.8 Å². The molecular weight excluding hydrogens is 369 g/mol. The lowest BCUT2D eigenvalue weighted by atomic mass is 10.2. The van der Waals surface area contributed by atoms with E-state index in [9.17, 15) is 17.6 Å². The Kier molecular flexibility index (Phi) is 5.88. The van der Waals surface area contributed by atoms with E-state index in [1.54, 1.807) is 0 Å². The second-order valence-electron chi connectivity index (χ2n) is 6.59. The first-order chi connectivity index (χ1) is 12.9. The highest BCUT2D eigenvalue weighted by molar-refractivity contribution is 7.89. The third-order valence-corrected chi connectivity index (χ3v) is 6.78. The van der Waals surface area contributed by atoms with Crippen molar-refractivity contribution in [2.45, 2.75) is 17.9 Å². The Hall–Kier alpha value is -2.29. The van der Waals surface area contributed by atoms with Gasteiger partial charge in [-0.2, -0.15) is 4.31 Å². The number of piperazine rings is 1. The lowest BCUT2D eigenvalue weighted by molar-refractivity contribution is -0.917. The van der Waals surface area contributed by atoms with Crippen LogP contribution in [-0.4, -0.2) is 50.9 Å². The number of hydrogen-bond donors (Lipinski definition) is 2. The van der Waals surface area contributed by atoms with Gasteiger partial charge in [0.1, 0.15) is 5.82 Å². The van der Waals surface area contributed by atoms with E-state index in [0.717, 1.165) is 22.7 Å². The van der Waals surface area contributed by atoms with Gasteiger partial charge >= 0.3 is 0 Å². The highest BCUT2D eigenvalue weighted by atomic mass is 32.2. The molecule has 1 amide bonds. The van der Waals surface area contributed by atoms with E-state index in [-0.39, 0.29) is 16.8 Å². The molecule has 27 heavy (non-hydrogen) atoms. The molecule has 1 aliphatic heterocycles. The van der Waals surface area contributed by atoms with Gasteiger partial charge in [0.05, 0.1) is 31.1 Å². The van der Waals surface area contributed by atoms with Gasteiger partial charge in [0.2, 0.25) is 10.0 Å². The van der Waals surface area contributed by atoms with Crippen molar-refractivity contribution < 1.29 is 22.5 Å². The summed E-state index contributed by atoms with van der Waals surface area (Å²) in [6, 6.07) is 13.8. The van der Waals surface area contributed by atoms with Crippen molar-refractivity contribution in [2.24, 2.45) is 0 Å². The molecule has 0 radical (unpaired) electrons. The average molecular weight is 392 g/mol. The summed E-state index contributed by atoms with van der Waals surface area (Å²) in [4.78, 5) is 13.6. The van der Waals surface area contributed by atoms with E-state index in [0.29, 0.717) is 26.2 Å². The Morgan fingerprint density at radius 3 is 2.26 bits per heavy atom. The molecule has 144 valence electrons. The van der Waals surface area contributed by atoms with Gasteiger partial charge in [-0.15, -0.1) is 0 Å². The third kappa shape index (κ3) is 4.52. The Balaban J connectivity index is 1.59. The Morgan fingerprint density at radius 2 is 1.67 bits per heavy atom. The van der Waals surface area contributed by atoms with Crippen molar-refractivity contribution in [2.75, 3.05) is 31.5 Å². The summed E-state index contributed by atoms with van der Waals surface area (Å²) in [6.45, 7) is 3.54. The predicted octanol–water partition coefficient (Wildman–Crippen LogP) is 0.742. The molecule has 0 aromatic heterocycles. The van der Waals surface area contributed by atoms with Gasteiger partial charge in [-0.3, -0.25) is 4.79 Å². The van der Waals surface area contributed by atoms with Crippen LogP contribution < -0.4 is 10.2 Å². The van der Waals surface area contributed by atoms with Crippen molar-refractivity contribution in [3.63, 3.8) is 0 Å². The molecule has 1 aliphatic rings. The minimum absolute atomic E-state index is 0.0854. The van der Waals surface area contributed by atoms with Gasteiger partial charge in [0.25, 0.3) is 5.91 Å². The quantitative estimate of drug-likeness (QED) is 0.789. The molecule has 0 aliphatic carbocycles. The Bertz CT molecular complexity index is 880. The summed E-state index contributed by atoms with van der Waals surface area (Å²) in [6.07, 6.45) is 0. The second-order valence-corrected chi connectivity index (χ2v) is 8.53. The molecule has 0 saturated carbocycles. The number of para-hydroxylation sites is 1. The average Bonchev–Trinajstić information content (AvgIpc) is 2.68. The number of benzene rings is 2. The number of sulfonamides is 1. The van der Waals surface area contributed by atoms with E-state index in [2.05, 4.69) is 5.32 Å². The first-order valence-corrected chi connectivity index (χ1v) is 10.3. The van der Waals surface area contributed by atoms with Gasteiger partial charge in [0.15, 0.2) is 6.04 Å². The predicted molar refractivity (Wildman–Crippen MR) is 100 cm³/mol. The summed E-state index contributed by atoms with van der Waals surface area (Å²) in [5.41, 5.74) is 0.742. The Labute approximate surface area is 158 Å². The number of anilines is 1. The maximum absolute atomic E-state index is 13.0. The molecule has 0 unspecified atom stereocenters. The molecule has 2 aromatic rings. The first kappa shape index (κ1) is 19.5. The van der Waals surface area contributed by atoms with Crippen LogP contribution in [0.5, 0.6) is 0 Å². The number of amides is 1. The summed E-state index contributed by atoms with van der Waals surface area (Å²) in [5.74, 6) is -0.562. The fourth-order valence-corrected chi connectivity index (χ4v) is 4.60. The molecule has 1 heterocycles. The van der Waals surface area contributed by atoms with Crippen LogP contribution in [0.15, 0.2) is 59.5 Å². The van der Waals surface area contributed by atoms with Gasteiger partial charge in [-0.25, -0.2) is 12.8 Å². The topological polar surface area (TPSA) is 70.9 Å². The van der Waals surface area contributed by atoms with Crippen molar-refractivity contribution in [3.05, 3.63) is 60.4 Å². The molecule has 1 atom stereocenters. The first-order valence-electron chi connectivity index (χ1n) is 8.84. The monoisotopic (exact) mass is 392 g/mol. The molecule has 0 bridgehead atoms. The normalized spacial score (nSPS) is 17.4. The number of quaternary nitrogens is 1. The maximum atomic E-state index is 13.0. The fourth-order valence-electron chi connectivity index (χ4n) is 3.16. The van der Waals surface area contributed by atoms with Crippen LogP contribution in [0.4, 0.5) is 10.1 Å². The van der Waals surface area contributed by atoms with E-state index in [1.165, 1.54) is 16.4 Å². The van der Waals surface area contributed by atoms with Crippen LogP contribution in [0.2, 0.25) is 0 Å². The minimum atomic E-state index is -3.64. The zero-order valence-corrected chi connectivity index (χ0v) is 15.9. The second kappa shape index (κ2) is 8.16. The van der Waals surface area contributed by atoms with Crippen molar-refractivity contribution in [1.29, 1.82) is 0 Å². The molecule has 2 N–H and O–H groups in total. The number of rotatable bonds is 5. The minimum Gasteiger partial charge on any atom is -0.323 e. The fraction of sp³-hybridized carbons (Fsp3) is 0.316. The van der Waals surface area contributed by atoms with Crippen molar-refractivity contribution >= 4 is 21.6 Å². The largest absolute Gasteiger partial charge is 0.323 e. The van der Waals surface area contributed by atoms with Crippen molar-refractivity contribution in [1.82, 2.24) is 4.31 Å². The van der Waals surface area contributed by atoms with Gasteiger partial charge < -0.3 is 10.2 Å². The lowest BCUT2D eigenvalue weighted by Crippen LogP contribution is -3.19. The molecule has 1 fully saturated rings. The van der Waals surface area contributed by atoms with E-state index in [1.807, 2.05) is 37.3 Å². The molecule has 2 aromatic carbocycles. The third-order valence-electron chi connectivity index (χ3n) is 4.86. The van der Waals surface area contributed by atoms with Gasteiger partial charge in [0, 0.05) is 5.69 Å². The highest BCUT2D eigenvalue weighted by Crippen LogP contribution is 2.16. The maximum Gasteiger partial charge on any atom is 0.282 e. The number of halogens is 1. The van der Waals surface area contributed by atoms with Crippen LogP contribution in [-0.2, 0) is 14.8 Å². The van der Waals surface area contributed by atoms with Crippen LogP contribution in [0.3, 0.4) is 0 Å². The Morgan fingerprint density at radius 1 is 1.07 bits per heavy atom. The SMILES string of the molecule is C[C@@H](C(=O)Nc1ccccc1)[NH+]1CCN(S(=O)(=O)c2ccc(F)cc2)CC1. The number of carbonyl (C=O) groups excluding carboxylic acids is 1. The summed E-state index contributed by atoms with van der Waals surface area (Å²) < 4.78 is 39.8. The smallest absolute Gasteiger partial charge is 0.282 e. The molecule has 8 heteroatoms. The number of hydrogen-bond acceptors (Lipinski definition) is 3. The van der Waals surface area contributed by atoms with E-state index in [4.69, 9.17) is 0 Å². The molecule has 1 saturated heterocycles. The van der Waals surface area contributed by atoms with E-state index >= 15 is 0 Å². The van der Waals surface area contributed by atoms with Crippen LogP contribution in [0.1, 0.15) is 6.92 Å². The van der Waals surface area contributed by atoms with Crippen molar-refractivity contribution in [3.8, 4) is 0 Å². The summed E-state index contributed by atoms with van der Waals surface area (Å²) in [7, 11) is -3.64. The molecule has 6 nitrogen and oxygen atoms in total.